The van der Waals surface area contributed by atoms with Gasteiger partial charge in [-0.05, 0) is 31.9 Å². The molecule has 2 aromatic rings. The number of methoxy groups -OCH3 is 1. The quantitative estimate of drug-likeness (QED) is 0.443. The Hall–Kier alpha value is -3.20. The Bertz CT molecular complexity index is 1040. The summed E-state index contributed by atoms with van der Waals surface area (Å²) in [6.45, 7) is 5.49. The van der Waals surface area contributed by atoms with E-state index in [1.165, 1.54) is 30.6 Å². The number of anilines is 1. The molecule has 8 nitrogen and oxygen atoms in total. The molecule has 3 rings (SSSR count). The number of ether oxygens (including phenoxy) is 2. The van der Waals surface area contributed by atoms with E-state index in [0.29, 0.717) is 37.8 Å². The van der Waals surface area contributed by atoms with Crippen molar-refractivity contribution >= 4 is 34.0 Å². The molecule has 0 aliphatic carbocycles. The number of carbonyl (C=O) groups is 2. The molecule has 0 amide bonds. The molecular weight excluding hydrogens is 396 g/mol. The van der Waals surface area contributed by atoms with E-state index in [1.807, 2.05) is 0 Å². The van der Waals surface area contributed by atoms with E-state index in [2.05, 4.69) is 5.32 Å². The molecule has 9 heteroatoms. The number of rotatable bonds is 5. The Morgan fingerprint density at radius 3 is 2.62 bits per heavy atom. The third kappa shape index (κ3) is 3.61. The monoisotopic (exact) mass is 416 g/mol. The Kier molecular flexibility index (Phi) is 5.69. The number of carbonyl (C=O) groups excluding carboxylic acids is 2. The lowest BCUT2D eigenvalue weighted by atomic mass is 9.80. The van der Waals surface area contributed by atoms with Crippen molar-refractivity contribution in [3.8, 4) is 0 Å². The summed E-state index contributed by atoms with van der Waals surface area (Å²) in [5.74, 6) is -1.60. The highest BCUT2D eigenvalue weighted by Gasteiger charge is 2.37. The number of nitro benzene ring substituents is 1. The number of allylic oxidation sites excluding steroid dienone is 1. The van der Waals surface area contributed by atoms with E-state index in [4.69, 9.17) is 9.47 Å². The summed E-state index contributed by atoms with van der Waals surface area (Å²) in [5.41, 5.74) is 2.78. The van der Waals surface area contributed by atoms with Gasteiger partial charge in [-0.3, -0.25) is 10.1 Å². The summed E-state index contributed by atoms with van der Waals surface area (Å²) in [7, 11) is 1.28. The second-order valence-corrected chi connectivity index (χ2v) is 7.48. The van der Waals surface area contributed by atoms with E-state index < -0.39 is 22.8 Å². The molecule has 152 valence electrons. The third-order valence-corrected chi connectivity index (χ3v) is 5.96. The Morgan fingerprint density at radius 2 is 2.00 bits per heavy atom. The van der Waals surface area contributed by atoms with Crippen LogP contribution in [0.3, 0.4) is 0 Å². The maximum absolute atomic E-state index is 12.6. The van der Waals surface area contributed by atoms with Crippen LogP contribution < -0.4 is 5.32 Å². The predicted molar refractivity (Wildman–Crippen MR) is 108 cm³/mol. The van der Waals surface area contributed by atoms with Gasteiger partial charge in [-0.1, -0.05) is 12.1 Å². The lowest BCUT2D eigenvalue weighted by Gasteiger charge is -2.28. The van der Waals surface area contributed by atoms with E-state index in [1.54, 1.807) is 32.9 Å². The van der Waals surface area contributed by atoms with E-state index in [0.717, 1.165) is 0 Å². The average Bonchev–Trinajstić information content (AvgIpc) is 3.02. The first-order chi connectivity index (χ1) is 13.8. The molecule has 1 aromatic carbocycles. The molecule has 29 heavy (non-hydrogen) atoms. The summed E-state index contributed by atoms with van der Waals surface area (Å²) in [6, 6.07) is 6.14. The number of non-ortho nitro benzene ring substituents is 1. The lowest BCUT2D eigenvalue weighted by molar-refractivity contribution is -0.384. The number of nitrogens with zero attached hydrogens (tertiary/aromatic N) is 1. The normalized spacial score (nSPS) is 15.4. The summed E-state index contributed by atoms with van der Waals surface area (Å²) in [4.78, 5) is 36.2. The van der Waals surface area contributed by atoms with Gasteiger partial charge < -0.3 is 14.8 Å². The second-order valence-electron chi connectivity index (χ2n) is 6.46. The number of benzene rings is 1. The van der Waals surface area contributed by atoms with Crippen LogP contribution in [0.1, 0.15) is 46.1 Å². The van der Waals surface area contributed by atoms with E-state index in [9.17, 15) is 19.7 Å². The fourth-order valence-electron chi connectivity index (χ4n) is 3.49. The van der Waals surface area contributed by atoms with Gasteiger partial charge in [0.15, 0.2) is 0 Å². The van der Waals surface area contributed by atoms with Gasteiger partial charge in [-0.25, -0.2) is 9.59 Å². The molecule has 0 fully saturated rings. The summed E-state index contributed by atoms with van der Waals surface area (Å²) in [6.07, 6.45) is 0. The van der Waals surface area contributed by atoms with Gasteiger partial charge >= 0.3 is 11.9 Å². The van der Waals surface area contributed by atoms with Crippen molar-refractivity contribution in [2.45, 2.75) is 26.7 Å². The fourth-order valence-corrected chi connectivity index (χ4v) is 4.68. The van der Waals surface area contributed by atoms with Crippen molar-refractivity contribution in [2.24, 2.45) is 0 Å². The zero-order valence-corrected chi connectivity index (χ0v) is 17.2. The van der Waals surface area contributed by atoms with Gasteiger partial charge in [-0.2, -0.15) is 0 Å². The van der Waals surface area contributed by atoms with Crippen LogP contribution in [0.25, 0.3) is 0 Å². The average molecular weight is 416 g/mol. The van der Waals surface area contributed by atoms with Gasteiger partial charge in [0.1, 0.15) is 4.88 Å². The van der Waals surface area contributed by atoms with Crippen LogP contribution in [0.4, 0.5) is 10.7 Å². The van der Waals surface area contributed by atoms with Crippen LogP contribution in [-0.2, 0) is 14.3 Å². The zero-order valence-electron chi connectivity index (χ0n) is 16.4. The molecule has 0 saturated carbocycles. The van der Waals surface area contributed by atoms with Crippen molar-refractivity contribution in [3.05, 3.63) is 67.2 Å². The van der Waals surface area contributed by atoms with Gasteiger partial charge in [0.25, 0.3) is 5.69 Å². The largest absolute Gasteiger partial charge is 0.466 e. The van der Waals surface area contributed by atoms with Crippen molar-refractivity contribution in [1.82, 2.24) is 0 Å². The highest BCUT2D eigenvalue weighted by atomic mass is 32.1. The number of nitro groups is 1. The van der Waals surface area contributed by atoms with Gasteiger partial charge in [0.2, 0.25) is 0 Å². The molecule has 1 aliphatic heterocycles. The number of esters is 2. The highest BCUT2D eigenvalue weighted by Crippen LogP contribution is 2.49. The molecular formula is C20H20N2O6S. The summed E-state index contributed by atoms with van der Waals surface area (Å²) < 4.78 is 10.1. The number of nitrogens with one attached hydrogen (secondary N) is 1. The number of hydrogen-bond acceptors (Lipinski definition) is 8. The predicted octanol–water partition coefficient (Wildman–Crippen LogP) is 4.15. The summed E-state index contributed by atoms with van der Waals surface area (Å²) >= 11 is 1.24. The van der Waals surface area contributed by atoms with E-state index >= 15 is 0 Å². The van der Waals surface area contributed by atoms with Crippen molar-refractivity contribution < 1.29 is 24.0 Å². The van der Waals surface area contributed by atoms with Crippen molar-refractivity contribution in [3.63, 3.8) is 0 Å². The molecule has 0 spiro atoms. The molecule has 1 unspecified atom stereocenters. The molecule has 2 heterocycles. The van der Waals surface area contributed by atoms with Crippen molar-refractivity contribution in [1.29, 1.82) is 0 Å². The smallest absolute Gasteiger partial charge is 0.348 e. The zero-order chi connectivity index (χ0) is 21.3. The first kappa shape index (κ1) is 20.5. The molecule has 1 atom stereocenters. The minimum atomic E-state index is -0.613. The minimum Gasteiger partial charge on any atom is -0.466 e. The van der Waals surface area contributed by atoms with Crippen LogP contribution >= 0.6 is 11.3 Å². The van der Waals surface area contributed by atoms with Crippen LogP contribution in [0.5, 0.6) is 0 Å². The maximum Gasteiger partial charge on any atom is 0.348 e. The van der Waals surface area contributed by atoms with Gasteiger partial charge in [0.05, 0.1) is 29.2 Å². The molecule has 0 bridgehead atoms. The Labute approximate surface area is 171 Å². The van der Waals surface area contributed by atoms with Crippen LogP contribution in [0.15, 0.2) is 35.5 Å². The number of fused-ring (bicyclic) bond motifs is 1. The molecule has 1 aliphatic rings. The van der Waals surface area contributed by atoms with Gasteiger partial charge in [-0.15, -0.1) is 11.3 Å². The number of thiophene rings is 1. The lowest BCUT2D eigenvalue weighted by Crippen LogP contribution is -2.23. The van der Waals surface area contributed by atoms with Crippen LogP contribution in [0, 0.1) is 17.0 Å². The molecule has 1 N–H and O–H groups in total. The Balaban J connectivity index is 2.25. The molecule has 0 saturated heterocycles. The maximum atomic E-state index is 12.6. The highest BCUT2D eigenvalue weighted by molar-refractivity contribution is 7.18. The van der Waals surface area contributed by atoms with Crippen molar-refractivity contribution in [2.75, 3.05) is 19.0 Å². The third-order valence-electron chi connectivity index (χ3n) is 4.76. The van der Waals surface area contributed by atoms with Crippen LogP contribution in [-0.4, -0.2) is 30.6 Å². The molecule has 1 aromatic heterocycles. The van der Waals surface area contributed by atoms with Gasteiger partial charge in [0, 0.05) is 29.3 Å². The molecule has 0 radical (unpaired) electrons. The minimum absolute atomic E-state index is 0.0806. The standard InChI is InChI=1S/C20H20N2O6S/c1-5-28-20(24)17-10(2)14-16(12-7-6-8-13(9-12)22(25)26)15(19(23)27-4)11(3)21-18(14)29-17/h6-9,16,21H,5H2,1-4H3. The second kappa shape index (κ2) is 8.04. The SMILES string of the molecule is CCOC(=O)c1sc2c(c1C)C(c1cccc([N+](=O)[O-])c1)C(C(=O)OC)=C(C)N2. The fraction of sp³-hybridized carbons (Fsp3) is 0.300. The van der Waals surface area contributed by atoms with Crippen LogP contribution in [0.2, 0.25) is 0 Å². The first-order valence-corrected chi connectivity index (χ1v) is 9.72. The topological polar surface area (TPSA) is 108 Å². The van der Waals surface area contributed by atoms with E-state index in [-0.39, 0.29) is 12.3 Å². The first-order valence-electron chi connectivity index (χ1n) is 8.90. The Morgan fingerprint density at radius 1 is 1.28 bits per heavy atom. The number of hydrogen-bond donors (Lipinski definition) is 1. The summed E-state index contributed by atoms with van der Waals surface area (Å²) in [5, 5.41) is 15.2.